The number of nitrogens with one attached hydrogen (secondary N) is 2. The second kappa shape index (κ2) is 8.10. The van der Waals surface area contributed by atoms with Gasteiger partial charge in [0.25, 0.3) is 0 Å². The Bertz CT molecular complexity index is 1440. The lowest BCUT2D eigenvalue weighted by molar-refractivity contribution is 0.415. The van der Waals surface area contributed by atoms with Crippen LogP contribution in [0.5, 0.6) is 5.75 Å². The van der Waals surface area contributed by atoms with Crippen molar-refractivity contribution in [1.29, 1.82) is 0 Å². The van der Waals surface area contributed by atoms with Crippen LogP contribution in [-0.2, 0) is 13.0 Å². The number of nitrogens with zero attached hydrogens (tertiary/aromatic N) is 2. The van der Waals surface area contributed by atoms with E-state index in [1.54, 1.807) is 7.11 Å². The fourth-order valence-corrected chi connectivity index (χ4v) is 4.77. The third kappa shape index (κ3) is 3.61. The van der Waals surface area contributed by atoms with E-state index in [9.17, 15) is 0 Å². The molecule has 1 aliphatic rings. The molecule has 2 aromatic heterocycles. The third-order valence-corrected chi connectivity index (χ3v) is 6.40. The molecule has 0 saturated carbocycles. The van der Waals surface area contributed by atoms with Crippen LogP contribution in [0.15, 0.2) is 85.1 Å². The standard InChI is InChI=1S/C28H24N4O/c1-33-22-11-12-26-19(14-22)13-21(31-26)17-30-28-29-16-20-15-25(18-7-3-2-4-8-18)23-9-5-6-10-24(23)27(20)32-28/h2-14,16,25,31H,15,17H2,1H3,(H,29,30,32). The monoisotopic (exact) mass is 432 g/mol. The van der Waals surface area contributed by atoms with Crippen LogP contribution in [0.25, 0.3) is 22.2 Å². The summed E-state index contributed by atoms with van der Waals surface area (Å²) in [7, 11) is 1.68. The Kier molecular flexibility index (Phi) is 4.80. The summed E-state index contributed by atoms with van der Waals surface area (Å²) in [6.45, 7) is 0.615. The van der Waals surface area contributed by atoms with Crippen molar-refractivity contribution < 1.29 is 4.74 Å². The van der Waals surface area contributed by atoms with Crippen LogP contribution in [0, 0.1) is 0 Å². The summed E-state index contributed by atoms with van der Waals surface area (Å²) in [4.78, 5) is 13.0. The van der Waals surface area contributed by atoms with Crippen molar-refractivity contribution in [2.75, 3.05) is 12.4 Å². The first-order valence-corrected chi connectivity index (χ1v) is 11.2. The molecule has 3 aromatic carbocycles. The van der Waals surface area contributed by atoms with Crippen molar-refractivity contribution in [2.45, 2.75) is 18.9 Å². The van der Waals surface area contributed by atoms with Gasteiger partial charge in [0.15, 0.2) is 0 Å². The minimum Gasteiger partial charge on any atom is -0.497 e. The molecule has 2 heterocycles. The summed E-state index contributed by atoms with van der Waals surface area (Å²) in [5.41, 5.74) is 8.21. The van der Waals surface area contributed by atoms with Gasteiger partial charge in [-0.3, -0.25) is 0 Å². The number of aromatic amines is 1. The smallest absolute Gasteiger partial charge is 0.223 e. The second-order valence-corrected chi connectivity index (χ2v) is 8.42. The maximum atomic E-state index is 5.33. The highest BCUT2D eigenvalue weighted by Crippen LogP contribution is 2.41. The number of fused-ring (bicyclic) bond motifs is 4. The molecule has 162 valence electrons. The van der Waals surface area contributed by atoms with Crippen LogP contribution >= 0.6 is 0 Å². The van der Waals surface area contributed by atoms with E-state index < -0.39 is 0 Å². The van der Waals surface area contributed by atoms with E-state index in [0.29, 0.717) is 18.4 Å². The van der Waals surface area contributed by atoms with Gasteiger partial charge < -0.3 is 15.0 Å². The Morgan fingerprint density at radius 2 is 1.85 bits per heavy atom. The number of rotatable bonds is 5. The fourth-order valence-electron chi connectivity index (χ4n) is 4.77. The van der Waals surface area contributed by atoms with Crippen molar-refractivity contribution >= 4 is 16.9 Å². The highest BCUT2D eigenvalue weighted by molar-refractivity contribution is 5.82. The normalized spacial score (nSPS) is 14.5. The van der Waals surface area contributed by atoms with E-state index >= 15 is 0 Å². The van der Waals surface area contributed by atoms with Gasteiger partial charge in [-0.2, -0.15) is 0 Å². The van der Waals surface area contributed by atoms with Gasteiger partial charge in [-0.15, -0.1) is 0 Å². The SMILES string of the molecule is COc1ccc2[nH]c(CNc3ncc4c(n3)-c3ccccc3C(c3ccccc3)C4)cc2c1. The molecule has 0 fully saturated rings. The van der Waals surface area contributed by atoms with Gasteiger partial charge in [0.1, 0.15) is 5.75 Å². The predicted octanol–water partition coefficient (Wildman–Crippen LogP) is 5.93. The molecule has 0 amide bonds. The lowest BCUT2D eigenvalue weighted by Crippen LogP contribution is -2.15. The third-order valence-electron chi connectivity index (χ3n) is 6.40. The number of aromatic nitrogens is 3. The number of benzene rings is 3. The summed E-state index contributed by atoms with van der Waals surface area (Å²) in [5, 5.41) is 4.51. The van der Waals surface area contributed by atoms with E-state index in [1.807, 2.05) is 24.4 Å². The molecule has 6 rings (SSSR count). The first-order chi connectivity index (χ1) is 16.3. The molecule has 5 aromatic rings. The minimum atomic E-state index is 0.320. The molecule has 0 radical (unpaired) electrons. The Hall–Kier alpha value is -4.12. The van der Waals surface area contributed by atoms with Crippen molar-refractivity contribution in [3.05, 3.63) is 107 Å². The zero-order valence-corrected chi connectivity index (χ0v) is 18.4. The van der Waals surface area contributed by atoms with Gasteiger partial charge in [-0.25, -0.2) is 9.97 Å². The fraction of sp³-hybridized carbons (Fsp3) is 0.143. The number of H-pyrrole nitrogens is 1. The Morgan fingerprint density at radius 1 is 1.00 bits per heavy atom. The quantitative estimate of drug-likeness (QED) is 0.361. The first-order valence-electron chi connectivity index (χ1n) is 11.2. The van der Waals surface area contributed by atoms with Gasteiger partial charge >= 0.3 is 0 Å². The molecule has 5 nitrogen and oxygen atoms in total. The Balaban J connectivity index is 1.28. The molecule has 0 bridgehead atoms. The molecule has 1 atom stereocenters. The summed E-state index contributed by atoms with van der Waals surface area (Å²) >= 11 is 0. The number of anilines is 1. The summed E-state index contributed by atoms with van der Waals surface area (Å²) < 4.78 is 5.33. The van der Waals surface area contributed by atoms with Crippen LogP contribution < -0.4 is 10.1 Å². The summed E-state index contributed by atoms with van der Waals surface area (Å²) in [6.07, 6.45) is 2.88. The van der Waals surface area contributed by atoms with E-state index in [1.165, 1.54) is 22.3 Å². The van der Waals surface area contributed by atoms with Gasteiger partial charge in [0, 0.05) is 34.3 Å². The van der Waals surface area contributed by atoms with Crippen LogP contribution in [-0.4, -0.2) is 22.1 Å². The molecule has 0 spiro atoms. The highest BCUT2D eigenvalue weighted by Gasteiger charge is 2.27. The highest BCUT2D eigenvalue weighted by atomic mass is 16.5. The number of methoxy groups -OCH3 is 1. The lowest BCUT2D eigenvalue weighted by atomic mass is 9.78. The van der Waals surface area contributed by atoms with Gasteiger partial charge in [-0.1, -0.05) is 54.6 Å². The van der Waals surface area contributed by atoms with Crippen LogP contribution in [0.2, 0.25) is 0 Å². The molecule has 1 unspecified atom stereocenters. The largest absolute Gasteiger partial charge is 0.497 e. The van der Waals surface area contributed by atoms with Crippen molar-refractivity contribution in [2.24, 2.45) is 0 Å². The molecule has 0 aliphatic heterocycles. The number of hydrogen-bond donors (Lipinski definition) is 2. The lowest BCUT2D eigenvalue weighted by Gasteiger charge is -2.27. The molecular formula is C28H24N4O. The van der Waals surface area contributed by atoms with E-state index in [4.69, 9.17) is 9.72 Å². The summed E-state index contributed by atoms with van der Waals surface area (Å²) in [6, 6.07) is 27.5. The minimum absolute atomic E-state index is 0.320. The number of ether oxygens (including phenoxy) is 1. The van der Waals surface area contributed by atoms with Crippen LogP contribution in [0.4, 0.5) is 5.95 Å². The van der Waals surface area contributed by atoms with Gasteiger partial charge in [0.05, 0.1) is 19.3 Å². The second-order valence-electron chi connectivity index (χ2n) is 8.42. The van der Waals surface area contributed by atoms with Crippen LogP contribution in [0.1, 0.15) is 28.3 Å². The molecule has 0 saturated heterocycles. The van der Waals surface area contributed by atoms with Gasteiger partial charge in [0.2, 0.25) is 5.95 Å². The first kappa shape index (κ1) is 19.6. The maximum absolute atomic E-state index is 5.33. The van der Waals surface area contributed by atoms with Crippen molar-refractivity contribution in [1.82, 2.24) is 15.0 Å². The molecule has 1 aliphatic carbocycles. The predicted molar refractivity (Wildman–Crippen MR) is 132 cm³/mol. The average Bonchev–Trinajstić information content (AvgIpc) is 3.29. The molecule has 33 heavy (non-hydrogen) atoms. The zero-order valence-electron chi connectivity index (χ0n) is 18.4. The Labute approximate surface area is 192 Å². The molecule has 5 heteroatoms. The number of hydrogen-bond acceptors (Lipinski definition) is 4. The molecule has 2 N–H and O–H groups in total. The van der Waals surface area contributed by atoms with E-state index in [0.717, 1.165) is 34.5 Å². The topological polar surface area (TPSA) is 62.8 Å². The van der Waals surface area contributed by atoms with Crippen LogP contribution in [0.3, 0.4) is 0 Å². The van der Waals surface area contributed by atoms with Crippen molar-refractivity contribution in [3.63, 3.8) is 0 Å². The summed E-state index contributed by atoms with van der Waals surface area (Å²) in [5.74, 6) is 1.81. The van der Waals surface area contributed by atoms with E-state index in [2.05, 4.69) is 75.9 Å². The zero-order chi connectivity index (χ0) is 22.2. The average molecular weight is 433 g/mol. The van der Waals surface area contributed by atoms with Gasteiger partial charge in [-0.05, 0) is 47.4 Å². The van der Waals surface area contributed by atoms with Crippen molar-refractivity contribution in [3.8, 4) is 17.0 Å². The van der Waals surface area contributed by atoms with E-state index in [-0.39, 0.29) is 0 Å². The molecular weight excluding hydrogens is 408 g/mol. The Morgan fingerprint density at radius 3 is 2.73 bits per heavy atom. The maximum Gasteiger partial charge on any atom is 0.223 e.